The Hall–Kier alpha value is -0.120. The summed E-state index contributed by atoms with van der Waals surface area (Å²) in [5, 5.41) is 8.74. The molecule has 1 heterocycles. The summed E-state index contributed by atoms with van der Waals surface area (Å²) in [4.78, 5) is 2.34. The van der Waals surface area contributed by atoms with Gasteiger partial charge in [0.15, 0.2) is 0 Å². The van der Waals surface area contributed by atoms with E-state index in [0.717, 1.165) is 32.4 Å². The van der Waals surface area contributed by atoms with Crippen molar-refractivity contribution < 1.29 is 9.84 Å². The molecule has 13 heavy (non-hydrogen) atoms. The Bertz CT molecular complexity index is 141. The number of aliphatic hydroxyl groups is 1. The van der Waals surface area contributed by atoms with Crippen molar-refractivity contribution in [2.24, 2.45) is 0 Å². The maximum Gasteiger partial charge on any atom is 0.111 e. The van der Waals surface area contributed by atoms with Crippen molar-refractivity contribution in [3.05, 3.63) is 0 Å². The van der Waals surface area contributed by atoms with Crippen LogP contribution < -0.4 is 0 Å². The number of ether oxygens (including phenoxy) is 1. The van der Waals surface area contributed by atoms with Crippen LogP contribution in [0.25, 0.3) is 0 Å². The Kier molecular flexibility index (Phi) is 4.70. The van der Waals surface area contributed by atoms with Gasteiger partial charge >= 0.3 is 0 Å². The van der Waals surface area contributed by atoms with E-state index in [9.17, 15) is 0 Å². The molecule has 3 heteroatoms. The lowest BCUT2D eigenvalue weighted by Gasteiger charge is -2.21. The van der Waals surface area contributed by atoms with Crippen molar-refractivity contribution in [2.75, 3.05) is 19.7 Å². The number of hydrogen-bond acceptors (Lipinski definition) is 3. The second-order valence-corrected chi connectivity index (χ2v) is 3.76. The molecule has 1 aliphatic heterocycles. The van der Waals surface area contributed by atoms with Gasteiger partial charge in [-0.3, -0.25) is 4.90 Å². The van der Waals surface area contributed by atoms with Crippen LogP contribution >= 0.6 is 0 Å². The zero-order valence-corrected chi connectivity index (χ0v) is 8.70. The van der Waals surface area contributed by atoms with E-state index in [-0.39, 0.29) is 6.61 Å². The van der Waals surface area contributed by atoms with Crippen molar-refractivity contribution in [2.45, 2.75) is 45.4 Å². The van der Waals surface area contributed by atoms with Gasteiger partial charge in [-0.2, -0.15) is 0 Å². The summed E-state index contributed by atoms with van der Waals surface area (Å²) < 4.78 is 5.76. The van der Waals surface area contributed by atoms with Crippen LogP contribution in [0.2, 0.25) is 0 Å². The Morgan fingerprint density at radius 1 is 1.54 bits per heavy atom. The molecule has 1 N–H and O–H groups in total. The van der Waals surface area contributed by atoms with Gasteiger partial charge in [-0.1, -0.05) is 13.3 Å². The van der Waals surface area contributed by atoms with Crippen molar-refractivity contribution in [1.82, 2.24) is 4.90 Å². The fourth-order valence-electron chi connectivity index (χ4n) is 1.85. The molecule has 1 fully saturated rings. The van der Waals surface area contributed by atoms with Gasteiger partial charge in [-0.25, -0.2) is 0 Å². The highest BCUT2D eigenvalue weighted by Crippen LogP contribution is 2.19. The summed E-state index contributed by atoms with van der Waals surface area (Å²) in [6.45, 7) is 6.55. The third kappa shape index (κ3) is 3.25. The lowest BCUT2D eigenvalue weighted by Crippen LogP contribution is -2.31. The minimum atomic E-state index is 0.281. The van der Waals surface area contributed by atoms with E-state index in [1.807, 2.05) is 0 Å². The molecule has 2 unspecified atom stereocenters. The van der Waals surface area contributed by atoms with Crippen molar-refractivity contribution in [3.63, 3.8) is 0 Å². The first-order valence-corrected chi connectivity index (χ1v) is 5.28. The van der Waals surface area contributed by atoms with Gasteiger partial charge in [0.1, 0.15) is 6.23 Å². The zero-order chi connectivity index (χ0) is 9.68. The Morgan fingerprint density at radius 3 is 2.92 bits per heavy atom. The van der Waals surface area contributed by atoms with Crippen LogP contribution in [0.15, 0.2) is 0 Å². The molecule has 1 saturated heterocycles. The van der Waals surface area contributed by atoms with Gasteiger partial charge < -0.3 is 9.84 Å². The Labute approximate surface area is 80.7 Å². The number of hydrogen-bond donors (Lipinski definition) is 1. The highest BCUT2D eigenvalue weighted by molar-refractivity contribution is 4.74. The van der Waals surface area contributed by atoms with E-state index in [1.165, 1.54) is 0 Å². The molecule has 0 saturated carbocycles. The summed E-state index contributed by atoms with van der Waals surface area (Å²) in [7, 11) is 0. The van der Waals surface area contributed by atoms with Crippen LogP contribution in [0.4, 0.5) is 0 Å². The predicted octanol–water partition coefficient (Wildman–Crippen LogP) is 1.22. The van der Waals surface area contributed by atoms with Gasteiger partial charge in [0.25, 0.3) is 0 Å². The fraction of sp³-hybridized carbons (Fsp3) is 1.00. The lowest BCUT2D eigenvalue weighted by atomic mass is 10.2. The van der Waals surface area contributed by atoms with E-state index < -0.39 is 0 Å². The van der Waals surface area contributed by atoms with Gasteiger partial charge in [0.2, 0.25) is 0 Å². The Morgan fingerprint density at radius 2 is 2.31 bits per heavy atom. The van der Waals surface area contributed by atoms with Gasteiger partial charge in [0, 0.05) is 19.7 Å². The maximum atomic E-state index is 8.74. The Balaban J connectivity index is 2.31. The second-order valence-electron chi connectivity index (χ2n) is 3.76. The number of nitrogens with zero attached hydrogens (tertiary/aromatic N) is 1. The summed E-state index contributed by atoms with van der Waals surface area (Å²) in [6, 6.07) is 0. The predicted molar refractivity (Wildman–Crippen MR) is 52.5 cm³/mol. The molecule has 1 rings (SSSR count). The summed E-state index contributed by atoms with van der Waals surface area (Å²) in [5.74, 6) is 0. The monoisotopic (exact) mass is 187 g/mol. The van der Waals surface area contributed by atoms with E-state index in [1.54, 1.807) is 0 Å². The van der Waals surface area contributed by atoms with Crippen LogP contribution in [0.3, 0.4) is 0 Å². The third-order valence-corrected chi connectivity index (χ3v) is 2.43. The first kappa shape index (κ1) is 11.0. The van der Waals surface area contributed by atoms with Crippen molar-refractivity contribution in [3.8, 4) is 0 Å². The summed E-state index contributed by atoms with van der Waals surface area (Å²) in [6.07, 6.45) is 3.78. The van der Waals surface area contributed by atoms with Crippen LogP contribution in [-0.2, 0) is 4.74 Å². The average molecular weight is 187 g/mol. The maximum absolute atomic E-state index is 8.74. The SMILES string of the molecule is CCCC1OC(C)CN1CCCO. The molecule has 1 aliphatic rings. The third-order valence-electron chi connectivity index (χ3n) is 2.43. The minimum absolute atomic E-state index is 0.281. The largest absolute Gasteiger partial charge is 0.396 e. The molecule has 0 bridgehead atoms. The van der Waals surface area contributed by atoms with E-state index >= 15 is 0 Å². The highest BCUT2D eigenvalue weighted by atomic mass is 16.5. The topological polar surface area (TPSA) is 32.7 Å². The first-order valence-electron chi connectivity index (χ1n) is 5.28. The van der Waals surface area contributed by atoms with Gasteiger partial charge in [0.05, 0.1) is 6.10 Å². The zero-order valence-electron chi connectivity index (χ0n) is 8.70. The standard InChI is InChI=1S/C10H21NO2/c1-3-5-10-11(6-4-7-12)8-9(2)13-10/h9-10,12H,3-8H2,1-2H3. The highest BCUT2D eigenvalue weighted by Gasteiger charge is 2.28. The van der Waals surface area contributed by atoms with Crippen LogP contribution in [0.1, 0.15) is 33.1 Å². The average Bonchev–Trinajstić information content (AvgIpc) is 2.44. The quantitative estimate of drug-likeness (QED) is 0.702. The molecular formula is C10H21NO2. The van der Waals surface area contributed by atoms with Gasteiger partial charge in [-0.05, 0) is 19.8 Å². The lowest BCUT2D eigenvalue weighted by molar-refractivity contribution is -0.00120. The molecule has 0 aromatic rings. The van der Waals surface area contributed by atoms with Crippen molar-refractivity contribution >= 4 is 0 Å². The van der Waals surface area contributed by atoms with E-state index in [2.05, 4.69) is 18.7 Å². The molecule has 0 aliphatic carbocycles. The molecular weight excluding hydrogens is 166 g/mol. The van der Waals surface area contributed by atoms with Crippen LogP contribution in [0, 0.1) is 0 Å². The minimum Gasteiger partial charge on any atom is -0.396 e. The molecule has 3 nitrogen and oxygen atoms in total. The molecule has 0 amide bonds. The number of rotatable bonds is 5. The van der Waals surface area contributed by atoms with Crippen LogP contribution in [-0.4, -0.2) is 42.0 Å². The fourth-order valence-corrected chi connectivity index (χ4v) is 1.85. The van der Waals surface area contributed by atoms with Gasteiger partial charge in [-0.15, -0.1) is 0 Å². The molecule has 0 spiro atoms. The number of aliphatic hydroxyl groups excluding tert-OH is 1. The van der Waals surface area contributed by atoms with E-state index in [4.69, 9.17) is 9.84 Å². The second kappa shape index (κ2) is 5.58. The van der Waals surface area contributed by atoms with Crippen molar-refractivity contribution in [1.29, 1.82) is 0 Å². The molecule has 0 radical (unpaired) electrons. The molecule has 78 valence electrons. The summed E-state index contributed by atoms with van der Waals surface area (Å²) in [5.41, 5.74) is 0. The van der Waals surface area contributed by atoms with Crippen LogP contribution in [0.5, 0.6) is 0 Å². The smallest absolute Gasteiger partial charge is 0.111 e. The van der Waals surface area contributed by atoms with E-state index in [0.29, 0.717) is 12.3 Å². The molecule has 0 aromatic heterocycles. The summed E-state index contributed by atoms with van der Waals surface area (Å²) >= 11 is 0. The molecule has 2 atom stereocenters. The normalized spacial score (nSPS) is 29.8. The molecule has 0 aromatic carbocycles. The first-order chi connectivity index (χ1) is 6.27.